The highest BCUT2D eigenvalue weighted by Crippen LogP contribution is 2.31. The van der Waals surface area contributed by atoms with Crippen LogP contribution in [0.15, 0.2) is 18.2 Å². The Balaban J connectivity index is 2.23. The summed E-state index contributed by atoms with van der Waals surface area (Å²) in [5.74, 6) is 0. The number of ether oxygens (including phenoxy) is 1. The first-order valence-electron chi connectivity index (χ1n) is 6.29. The Morgan fingerprint density at radius 2 is 2.26 bits per heavy atom. The second kappa shape index (κ2) is 5.05. The first-order valence-corrected chi connectivity index (χ1v) is 6.29. The molecule has 1 aromatic carbocycles. The van der Waals surface area contributed by atoms with E-state index < -0.39 is 4.92 Å². The van der Waals surface area contributed by atoms with E-state index in [1.54, 1.807) is 19.2 Å². The van der Waals surface area contributed by atoms with Crippen LogP contribution in [0.25, 0.3) is 0 Å². The highest BCUT2D eigenvalue weighted by atomic mass is 16.6. The van der Waals surface area contributed by atoms with E-state index in [1.807, 2.05) is 0 Å². The van der Waals surface area contributed by atoms with Crippen molar-refractivity contribution in [1.29, 1.82) is 0 Å². The van der Waals surface area contributed by atoms with Crippen molar-refractivity contribution in [3.8, 4) is 0 Å². The van der Waals surface area contributed by atoms with Crippen LogP contribution in [0.2, 0.25) is 0 Å². The quantitative estimate of drug-likeness (QED) is 0.514. The summed E-state index contributed by atoms with van der Waals surface area (Å²) < 4.78 is 5.54. The number of nitrogens with zero attached hydrogens (tertiary/aromatic N) is 2. The van der Waals surface area contributed by atoms with Gasteiger partial charge in [-0.1, -0.05) is 0 Å². The molecule has 1 fully saturated rings. The molecule has 1 aromatic rings. The van der Waals surface area contributed by atoms with Crippen LogP contribution in [0.3, 0.4) is 0 Å². The van der Waals surface area contributed by atoms with Gasteiger partial charge in [0.25, 0.3) is 5.69 Å². The molecule has 0 radical (unpaired) electrons. The predicted octanol–water partition coefficient (Wildman–Crippen LogP) is 2.18. The van der Waals surface area contributed by atoms with Crippen LogP contribution in [0.5, 0.6) is 0 Å². The molecule has 0 bridgehead atoms. The molecule has 1 aliphatic rings. The van der Waals surface area contributed by atoms with Crippen molar-refractivity contribution >= 4 is 17.1 Å². The zero-order valence-electron chi connectivity index (χ0n) is 11.3. The number of nitrogen functional groups attached to an aromatic ring is 1. The fourth-order valence-corrected chi connectivity index (χ4v) is 2.50. The van der Waals surface area contributed by atoms with Crippen molar-refractivity contribution in [2.24, 2.45) is 0 Å². The number of hydrogen-bond donors (Lipinski definition) is 1. The summed E-state index contributed by atoms with van der Waals surface area (Å²) in [5, 5.41) is 10.8. The van der Waals surface area contributed by atoms with Crippen molar-refractivity contribution in [3.05, 3.63) is 28.3 Å². The van der Waals surface area contributed by atoms with Crippen LogP contribution in [0, 0.1) is 10.1 Å². The Bertz CT molecular complexity index is 492. The highest BCUT2D eigenvalue weighted by molar-refractivity contribution is 5.66. The van der Waals surface area contributed by atoms with Gasteiger partial charge in [-0.25, -0.2) is 0 Å². The largest absolute Gasteiger partial charge is 0.393 e. The third kappa shape index (κ3) is 2.78. The minimum Gasteiger partial charge on any atom is -0.393 e. The number of benzene rings is 1. The van der Waals surface area contributed by atoms with Crippen molar-refractivity contribution in [1.82, 2.24) is 0 Å². The number of nitro groups is 1. The molecule has 2 N–H and O–H groups in total. The van der Waals surface area contributed by atoms with Gasteiger partial charge in [0.15, 0.2) is 0 Å². The van der Waals surface area contributed by atoms with Crippen LogP contribution >= 0.6 is 0 Å². The van der Waals surface area contributed by atoms with Crippen LogP contribution in [-0.4, -0.2) is 30.7 Å². The minimum absolute atomic E-state index is 0.0461. The maximum atomic E-state index is 10.8. The minimum atomic E-state index is -0.464. The summed E-state index contributed by atoms with van der Waals surface area (Å²) >= 11 is 0. The molecule has 1 aliphatic heterocycles. The predicted molar refractivity (Wildman–Crippen MR) is 74.4 cm³/mol. The third-order valence-corrected chi connectivity index (χ3v) is 3.72. The van der Waals surface area contributed by atoms with Crippen molar-refractivity contribution in [2.75, 3.05) is 30.8 Å². The molecule has 0 spiro atoms. The van der Waals surface area contributed by atoms with Gasteiger partial charge in [0.1, 0.15) is 5.69 Å². The first kappa shape index (κ1) is 13.6. The van der Waals surface area contributed by atoms with E-state index in [9.17, 15) is 10.1 Å². The molecular formula is C13H19N3O3. The molecule has 0 saturated carbocycles. The molecule has 104 valence electrons. The molecule has 1 saturated heterocycles. The molecule has 0 aromatic heterocycles. The fraction of sp³-hybridized carbons (Fsp3) is 0.538. The lowest BCUT2D eigenvalue weighted by atomic mass is 9.94. The number of anilines is 2. The Morgan fingerprint density at radius 3 is 2.84 bits per heavy atom. The van der Waals surface area contributed by atoms with Gasteiger partial charge in [0, 0.05) is 32.0 Å². The summed E-state index contributed by atoms with van der Waals surface area (Å²) in [6, 6.07) is 4.87. The number of hydrogen-bond acceptors (Lipinski definition) is 5. The fourth-order valence-electron chi connectivity index (χ4n) is 2.50. The second-order valence-corrected chi connectivity index (χ2v) is 5.18. The van der Waals surface area contributed by atoms with E-state index >= 15 is 0 Å². The summed E-state index contributed by atoms with van der Waals surface area (Å²) in [4.78, 5) is 12.4. The molecule has 0 aliphatic carbocycles. The topological polar surface area (TPSA) is 81.6 Å². The molecule has 2 rings (SSSR count). The maximum absolute atomic E-state index is 10.8. The summed E-state index contributed by atoms with van der Waals surface area (Å²) in [7, 11) is 1.72. The number of rotatable bonds is 3. The number of nitrogens with two attached hydrogens (primary N) is 1. The van der Waals surface area contributed by atoms with Crippen LogP contribution in [0.1, 0.15) is 19.8 Å². The normalized spacial score (nSPS) is 23.4. The SMILES string of the molecule is COC1(C)CCCN(c2ccc([N+](=O)[O-])c(N)c2)C1. The number of methoxy groups -OCH3 is 1. The zero-order chi connectivity index (χ0) is 14.0. The van der Waals surface area contributed by atoms with Crippen LogP contribution in [0.4, 0.5) is 17.1 Å². The van der Waals surface area contributed by atoms with Crippen LogP contribution in [-0.2, 0) is 4.74 Å². The average molecular weight is 265 g/mol. The molecule has 1 heterocycles. The van der Waals surface area contributed by atoms with E-state index in [1.165, 1.54) is 6.07 Å². The summed E-state index contributed by atoms with van der Waals surface area (Å²) in [5.41, 5.74) is 6.62. The van der Waals surface area contributed by atoms with Crippen molar-refractivity contribution in [2.45, 2.75) is 25.4 Å². The van der Waals surface area contributed by atoms with Gasteiger partial charge in [-0.05, 0) is 31.9 Å². The van der Waals surface area contributed by atoms with Gasteiger partial charge in [-0.2, -0.15) is 0 Å². The third-order valence-electron chi connectivity index (χ3n) is 3.72. The Hall–Kier alpha value is -1.82. The molecule has 1 atom stereocenters. The van der Waals surface area contributed by atoms with Gasteiger partial charge in [-0.15, -0.1) is 0 Å². The summed E-state index contributed by atoms with van der Waals surface area (Å²) in [6.07, 6.45) is 2.05. The average Bonchev–Trinajstić information content (AvgIpc) is 2.38. The van der Waals surface area contributed by atoms with E-state index in [-0.39, 0.29) is 17.0 Å². The zero-order valence-corrected chi connectivity index (χ0v) is 11.3. The maximum Gasteiger partial charge on any atom is 0.292 e. The number of nitro benzene ring substituents is 1. The van der Waals surface area contributed by atoms with Gasteiger partial charge in [0.2, 0.25) is 0 Å². The molecule has 0 amide bonds. The van der Waals surface area contributed by atoms with Gasteiger partial charge in [0.05, 0.1) is 10.5 Å². The molecule has 1 unspecified atom stereocenters. The lowest BCUT2D eigenvalue weighted by Gasteiger charge is -2.40. The van der Waals surface area contributed by atoms with Crippen molar-refractivity contribution in [3.63, 3.8) is 0 Å². The number of piperidine rings is 1. The Morgan fingerprint density at radius 1 is 1.53 bits per heavy atom. The van der Waals surface area contributed by atoms with Gasteiger partial charge < -0.3 is 15.4 Å². The van der Waals surface area contributed by atoms with E-state index in [4.69, 9.17) is 10.5 Å². The summed E-state index contributed by atoms with van der Waals surface area (Å²) in [6.45, 7) is 3.75. The Labute approximate surface area is 112 Å². The van der Waals surface area contributed by atoms with E-state index in [2.05, 4.69) is 11.8 Å². The smallest absolute Gasteiger partial charge is 0.292 e. The van der Waals surface area contributed by atoms with Crippen LogP contribution < -0.4 is 10.6 Å². The van der Waals surface area contributed by atoms with Crippen molar-refractivity contribution < 1.29 is 9.66 Å². The lowest BCUT2D eigenvalue weighted by molar-refractivity contribution is -0.383. The van der Waals surface area contributed by atoms with Gasteiger partial charge in [-0.3, -0.25) is 10.1 Å². The van der Waals surface area contributed by atoms with E-state index in [0.717, 1.165) is 31.6 Å². The Kier molecular flexibility index (Phi) is 3.61. The van der Waals surface area contributed by atoms with E-state index in [0.29, 0.717) is 0 Å². The molecule has 19 heavy (non-hydrogen) atoms. The highest BCUT2D eigenvalue weighted by Gasteiger charge is 2.31. The first-order chi connectivity index (χ1) is 8.95. The molecule has 6 heteroatoms. The van der Waals surface area contributed by atoms with Gasteiger partial charge >= 0.3 is 0 Å². The molecule has 6 nitrogen and oxygen atoms in total. The monoisotopic (exact) mass is 265 g/mol. The lowest BCUT2D eigenvalue weighted by Crippen LogP contribution is -2.47. The molecular weight excluding hydrogens is 246 g/mol. The second-order valence-electron chi connectivity index (χ2n) is 5.18. The standard InChI is InChI=1S/C13H19N3O3/c1-13(19-2)6-3-7-15(9-13)10-4-5-12(16(17)18)11(14)8-10/h4-5,8H,3,6-7,9,14H2,1-2H3.